The molecule has 0 saturated heterocycles. The third kappa shape index (κ3) is 4.42. The summed E-state index contributed by atoms with van der Waals surface area (Å²) in [5.41, 5.74) is 0.888. The molecule has 4 aliphatic rings. The predicted molar refractivity (Wildman–Crippen MR) is 144 cm³/mol. The molecule has 4 atom stereocenters. The summed E-state index contributed by atoms with van der Waals surface area (Å²) in [6.45, 7) is 0.272. The molecule has 2 unspecified atom stereocenters. The van der Waals surface area contributed by atoms with E-state index in [1.54, 1.807) is 12.0 Å². The molecule has 0 spiro atoms. The molecule has 3 N–H and O–H groups in total. The van der Waals surface area contributed by atoms with Crippen molar-refractivity contribution in [3.8, 4) is 5.75 Å². The number of amides is 1. The Morgan fingerprint density at radius 1 is 1.18 bits per heavy atom. The van der Waals surface area contributed by atoms with Gasteiger partial charge in [-0.05, 0) is 67.0 Å². The topological polar surface area (TPSA) is 154 Å². The van der Waals surface area contributed by atoms with Gasteiger partial charge in [-0.2, -0.15) is 8.42 Å². The minimum absolute atomic E-state index is 0.0605. The number of rotatable bonds is 6. The van der Waals surface area contributed by atoms with Crippen molar-refractivity contribution in [1.29, 1.82) is 0 Å². The first-order valence-electron chi connectivity index (χ1n) is 12.6. The minimum atomic E-state index is -4.33. The van der Waals surface area contributed by atoms with E-state index in [0.29, 0.717) is 5.75 Å². The smallest absolute Gasteiger partial charge is 0.286 e. The Morgan fingerprint density at radius 3 is 2.69 bits per heavy atom. The zero-order chi connectivity index (χ0) is 27.7. The van der Waals surface area contributed by atoms with Gasteiger partial charge in [0.1, 0.15) is 22.0 Å². The fourth-order valence-electron chi connectivity index (χ4n) is 6.56. The summed E-state index contributed by atoms with van der Waals surface area (Å²) >= 11 is 0. The van der Waals surface area contributed by atoms with Gasteiger partial charge in [0.05, 0.1) is 19.1 Å². The van der Waals surface area contributed by atoms with E-state index < -0.39 is 26.0 Å². The van der Waals surface area contributed by atoms with E-state index in [1.165, 1.54) is 12.1 Å². The number of benzene rings is 2. The number of methoxy groups -OCH3 is 1. The zero-order valence-corrected chi connectivity index (χ0v) is 22.9. The molecular weight excluding hydrogens is 544 g/mol. The van der Waals surface area contributed by atoms with Crippen LogP contribution in [0.15, 0.2) is 63.1 Å². The van der Waals surface area contributed by atoms with E-state index in [0.717, 1.165) is 37.1 Å². The number of hydrogen-bond acceptors (Lipinski definition) is 8. The van der Waals surface area contributed by atoms with E-state index in [9.17, 15) is 26.7 Å². The van der Waals surface area contributed by atoms with Crippen molar-refractivity contribution in [3.63, 3.8) is 0 Å². The van der Waals surface area contributed by atoms with Crippen LogP contribution in [0.5, 0.6) is 5.75 Å². The molecule has 39 heavy (non-hydrogen) atoms. The maximum atomic E-state index is 14.0. The fraction of sp³-hybridized carbons (Fsp3) is 0.385. The normalized spacial score (nSPS) is 27.0. The zero-order valence-electron chi connectivity index (χ0n) is 21.3. The summed E-state index contributed by atoms with van der Waals surface area (Å²) in [6, 6.07) is 11.2. The average Bonchev–Trinajstić information content (AvgIpc) is 3.48. The quantitative estimate of drug-likeness (QED) is 0.477. The minimum Gasteiger partial charge on any atom is -0.511 e. The number of nitrogens with one attached hydrogen (secondary N) is 2. The Bertz CT molecular complexity index is 1670. The van der Waals surface area contributed by atoms with Gasteiger partial charge in [0, 0.05) is 24.2 Å². The number of carbonyl (C=O) groups is 1. The summed E-state index contributed by atoms with van der Waals surface area (Å²) in [5, 5.41) is 14.4. The summed E-state index contributed by atoms with van der Waals surface area (Å²) < 4.78 is 61.1. The summed E-state index contributed by atoms with van der Waals surface area (Å²) in [7, 11) is -6.39. The second-order valence-corrected chi connectivity index (χ2v) is 13.8. The molecule has 2 aliphatic carbocycles. The third-order valence-electron chi connectivity index (χ3n) is 8.03. The number of nitrogens with zero attached hydrogens (tertiary/aromatic N) is 2. The Balaban J connectivity index is 1.41. The maximum Gasteiger partial charge on any atom is 0.286 e. The van der Waals surface area contributed by atoms with Crippen molar-refractivity contribution in [3.05, 3.63) is 59.4 Å². The summed E-state index contributed by atoms with van der Waals surface area (Å²) in [6.07, 6.45) is 3.76. The van der Waals surface area contributed by atoms with Crippen LogP contribution in [0.3, 0.4) is 0 Å². The SMILES string of the molecule is COc1cccc(CN2C(=O)C(C3=NS(=O)(=O)c4cc(NS(C)(=O)=O)ccc4N3)=C(O)C3C2[C@@H]2CC[C@H]3C2)c1. The second kappa shape index (κ2) is 8.98. The van der Waals surface area contributed by atoms with Crippen molar-refractivity contribution in [2.45, 2.75) is 36.7 Å². The lowest BCUT2D eigenvalue weighted by Crippen LogP contribution is -2.53. The van der Waals surface area contributed by atoms with Crippen LogP contribution < -0.4 is 14.8 Å². The highest BCUT2D eigenvalue weighted by Crippen LogP contribution is 2.55. The molecule has 2 aromatic carbocycles. The van der Waals surface area contributed by atoms with Gasteiger partial charge in [0.15, 0.2) is 5.84 Å². The van der Waals surface area contributed by atoms with Crippen LogP contribution in [0.4, 0.5) is 11.4 Å². The van der Waals surface area contributed by atoms with Crippen molar-refractivity contribution in [2.75, 3.05) is 23.4 Å². The lowest BCUT2D eigenvalue weighted by molar-refractivity contribution is -0.134. The van der Waals surface area contributed by atoms with Gasteiger partial charge < -0.3 is 20.1 Å². The van der Waals surface area contributed by atoms with Gasteiger partial charge >= 0.3 is 0 Å². The first-order valence-corrected chi connectivity index (χ1v) is 15.9. The molecule has 2 fully saturated rings. The molecule has 2 saturated carbocycles. The first kappa shape index (κ1) is 25.7. The van der Waals surface area contributed by atoms with Crippen LogP contribution in [-0.4, -0.2) is 58.0 Å². The van der Waals surface area contributed by atoms with E-state index >= 15 is 0 Å². The standard InChI is InChI=1S/C26H28N4O7S2/c1-37-18-5-3-4-14(10-18)13-30-23-16-7-6-15(11-16)21(23)24(31)22(26(30)32)25-27-19-9-8-17(28-38(2,33)34)12-20(19)39(35,36)29-25/h3-5,8-10,12,15-16,21,23,28,31H,6-7,11,13H2,1-2H3,(H,27,29)/t15-,16+,21?,23?/m0/s1. The van der Waals surface area contributed by atoms with E-state index in [2.05, 4.69) is 14.4 Å². The largest absolute Gasteiger partial charge is 0.511 e. The monoisotopic (exact) mass is 572 g/mol. The number of ether oxygens (including phenoxy) is 1. The third-order valence-corrected chi connectivity index (χ3v) is 9.95. The van der Waals surface area contributed by atoms with Gasteiger partial charge in [-0.25, -0.2) is 8.42 Å². The number of hydrogen-bond donors (Lipinski definition) is 3. The van der Waals surface area contributed by atoms with Crippen LogP contribution in [0.2, 0.25) is 0 Å². The van der Waals surface area contributed by atoms with E-state index in [-0.39, 0.29) is 63.8 Å². The molecule has 0 radical (unpaired) electrons. The van der Waals surface area contributed by atoms with Gasteiger partial charge in [-0.3, -0.25) is 9.52 Å². The Labute approximate surface area is 226 Å². The highest BCUT2D eigenvalue weighted by Gasteiger charge is 2.57. The predicted octanol–water partition coefficient (Wildman–Crippen LogP) is 2.85. The van der Waals surface area contributed by atoms with Crippen LogP contribution in [0.25, 0.3) is 0 Å². The number of aliphatic hydroxyl groups excluding tert-OH is 1. The van der Waals surface area contributed by atoms with Crippen molar-refractivity contribution >= 4 is 43.2 Å². The number of aliphatic hydroxyl groups is 1. The van der Waals surface area contributed by atoms with Crippen LogP contribution >= 0.6 is 0 Å². The number of amidine groups is 1. The number of anilines is 2. The molecule has 13 heteroatoms. The lowest BCUT2D eigenvalue weighted by Gasteiger charge is -2.44. The lowest BCUT2D eigenvalue weighted by atomic mass is 9.77. The molecule has 2 bridgehead atoms. The molecule has 2 aromatic rings. The van der Waals surface area contributed by atoms with Crippen molar-refractivity contribution in [2.24, 2.45) is 22.2 Å². The van der Waals surface area contributed by atoms with E-state index in [4.69, 9.17) is 4.74 Å². The average molecular weight is 573 g/mol. The van der Waals surface area contributed by atoms with Gasteiger partial charge in [-0.1, -0.05) is 12.1 Å². The fourth-order valence-corrected chi connectivity index (χ4v) is 8.27. The molecular formula is C26H28N4O7S2. The van der Waals surface area contributed by atoms with Crippen LogP contribution in [0, 0.1) is 17.8 Å². The van der Waals surface area contributed by atoms with Gasteiger partial charge in [-0.15, -0.1) is 4.40 Å². The Kier molecular flexibility index (Phi) is 5.92. The Morgan fingerprint density at radius 2 is 1.95 bits per heavy atom. The molecule has 0 aromatic heterocycles. The second-order valence-electron chi connectivity index (χ2n) is 10.5. The molecule has 2 heterocycles. The molecule has 11 nitrogen and oxygen atoms in total. The van der Waals surface area contributed by atoms with Gasteiger partial charge in [0.25, 0.3) is 15.9 Å². The molecule has 206 valence electrons. The molecule has 6 rings (SSSR count). The van der Waals surface area contributed by atoms with Crippen LogP contribution in [0.1, 0.15) is 24.8 Å². The number of fused-ring (bicyclic) bond motifs is 6. The number of sulfonamides is 2. The van der Waals surface area contributed by atoms with Crippen LogP contribution in [-0.2, 0) is 31.4 Å². The van der Waals surface area contributed by atoms with Gasteiger partial charge in [0.2, 0.25) is 10.0 Å². The molecule has 2 aliphatic heterocycles. The highest BCUT2D eigenvalue weighted by molar-refractivity contribution is 7.92. The van der Waals surface area contributed by atoms with E-state index in [1.807, 2.05) is 24.3 Å². The van der Waals surface area contributed by atoms with Crippen molar-refractivity contribution < 1.29 is 31.5 Å². The number of carbonyl (C=O) groups excluding carboxylic acids is 1. The molecule has 1 amide bonds. The Hall–Kier alpha value is -3.58. The summed E-state index contributed by atoms with van der Waals surface area (Å²) in [5.74, 6) is -0.0735. The van der Waals surface area contributed by atoms with Crippen molar-refractivity contribution in [1.82, 2.24) is 4.90 Å². The summed E-state index contributed by atoms with van der Waals surface area (Å²) in [4.78, 5) is 15.5. The maximum absolute atomic E-state index is 14.0. The highest BCUT2D eigenvalue weighted by atomic mass is 32.2. The first-order chi connectivity index (χ1) is 18.4.